The van der Waals surface area contributed by atoms with E-state index in [1.807, 2.05) is 0 Å². The van der Waals surface area contributed by atoms with Gasteiger partial charge in [-0.25, -0.2) is 17.8 Å². The fourth-order valence-corrected chi connectivity index (χ4v) is 2.74. The first-order valence-corrected chi connectivity index (χ1v) is 7.96. The summed E-state index contributed by atoms with van der Waals surface area (Å²) < 4.78 is 43.5. The van der Waals surface area contributed by atoms with Crippen LogP contribution in [0.1, 0.15) is 23.2 Å². The molecule has 0 amide bonds. The van der Waals surface area contributed by atoms with Gasteiger partial charge in [-0.1, -0.05) is 23.0 Å². The second-order valence-corrected chi connectivity index (χ2v) is 5.95. The van der Waals surface area contributed by atoms with Crippen LogP contribution in [0.2, 0.25) is 0 Å². The number of halogens is 3. The minimum absolute atomic E-state index is 0.0333. The smallest absolute Gasteiger partial charge is 0.266 e. The number of aliphatic hydroxyl groups is 2. The summed E-state index contributed by atoms with van der Waals surface area (Å²) in [5.41, 5.74) is -0.456. The molecule has 7 nitrogen and oxygen atoms in total. The summed E-state index contributed by atoms with van der Waals surface area (Å²) in [4.78, 5) is 0. The van der Waals surface area contributed by atoms with Gasteiger partial charge in [0.05, 0.1) is 18.3 Å². The highest BCUT2D eigenvalue weighted by molar-refractivity contribution is 7.99. The Morgan fingerprint density at radius 2 is 2.08 bits per heavy atom. The number of nitrogens with zero attached hydrogens (tertiary/aromatic N) is 3. The molecular formula is C14H14F3N3O4S. The highest BCUT2D eigenvalue weighted by Crippen LogP contribution is 2.25. The number of oxime groups is 1. The van der Waals surface area contributed by atoms with Gasteiger partial charge in [-0.05, 0) is 28.0 Å². The SMILES string of the molecule is OC[C@H](O)CSc1nonc1/C(Cc1ccc(F)c(C(F)F)c1)=N/O. The minimum Gasteiger partial charge on any atom is -0.411 e. The number of aliphatic hydroxyl groups excluding tert-OH is 2. The lowest BCUT2D eigenvalue weighted by molar-refractivity contribution is 0.113. The van der Waals surface area contributed by atoms with Crippen LogP contribution in [0.25, 0.3) is 0 Å². The van der Waals surface area contributed by atoms with Gasteiger partial charge >= 0.3 is 0 Å². The molecule has 2 aromatic rings. The number of rotatable bonds is 8. The lowest BCUT2D eigenvalue weighted by atomic mass is 10.0. The molecule has 25 heavy (non-hydrogen) atoms. The van der Waals surface area contributed by atoms with Gasteiger partial charge in [0.25, 0.3) is 6.43 Å². The van der Waals surface area contributed by atoms with Crippen LogP contribution in [0.4, 0.5) is 13.2 Å². The highest BCUT2D eigenvalue weighted by Gasteiger charge is 2.21. The molecular weight excluding hydrogens is 363 g/mol. The number of alkyl halides is 2. The number of thioether (sulfide) groups is 1. The summed E-state index contributed by atoms with van der Waals surface area (Å²) in [5.74, 6) is -0.943. The summed E-state index contributed by atoms with van der Waals surface area (Å²) in [7, 11) is 0. The maximum atomic E-state index is 13.3. The van der Waals surface area contributed by atoms with E-state index in [0.29, 0.717) is 0 Å². The molecule has 0 bridgehead atoms. The molecule has 11 heteroatoms. The Labute approximate surface area is 144 Å². The fourth-order valence-electron chi connectivity index (χ4n) is 1.91. The van der Waals surface area contributed by atoms with Crippen molar-refractivity contribution in [3.8, 4) is 0 Å². The van der Waals surface area contributed by atoms with E-state index in [2.05, 4.69) is 20.1 Å². The van der Waals surface area contributed by atoms with Crippen LogP contribution in [0.15, 0.2) is 33.0 Å². The Morgan fingerprint density at radius 3 is 2.72 bits per heavy atom. The molecule has 1 heterocycles. The molecule has 1 atom stereocenters. The number of hydrogen-bond donors (Lipinski definition) is 3. The Bertz CT molecular complexity index is 742. The molecule has 2 rings (SSSR count). The maximum Gasteiger partial charge on any atom is 0.266 e. The molecule has 0 unspecified atom stereocenters. The molecule has 0 saturated carbocycles. The van der Waals surface area contributed by atoms with Crippen molar-refractivity contribution in [3.05, 3.63) is 40.8 Å². The molecule has 0 spiro atoms. The molecule has 0 fully saturated rings. The molecule has 3 N–H and O–H groups in total. The van der Waals surface area contributed by atoms with Crippen LogP contribution in [0.5, 0.6) is 0 Å². The van der Waals surface area contributed by atoms with Gasteiger partial charge in [0.2, 0.25) is 0 Å². The lowest BCUT2D eigenvalue weighted by Gasteiger charge is -2.07. The van der Waals surface area contributed by atoms with Gasteiger partial charge in [0.1, 0.15) is 11.5 Å². The van der Waals surface area contributed by atoms with Crippen molar-refractivity contribution < 1.29 is 33.2 Å². The van der Waals surface area contributed by atoms with Gasteiger partial charge in [-0.15, -0.1) is 0 Å². The van der Waals surface area contributed by atoms with Gasteiger partial charge in [0, 0.05) is 12.2 Å². The van der Waals surface area contributed by atoms with Crippen molar-refractivity contribution in [2.75, 3.05) is 12.4 Å². The summed E-state index contributed by atoms with van der Waals surface area (Å²) in [5, 5.41) is 37.8. The van der Waals surface area contributed by atoms with Gasteiger partial charge in [-0.2, -0.15) is 0 Å². The fraction of sp³-hybridized carbons (Fsp3) is 0.357. The first kappa shape index (κ1) is 19.2. The molecule has 0 saturated heterocycles. The lowest BCUT2D eigenvalue weighted by Crippen LogP contribution is -2.15. The van der Waals surface area contributed by atoms with Crippen molar-refractivity contribution >= 4 is 17.5 Å². The van der Waals surface area contributed by atoms with E-state index >= 15 is 0 Å². The zero-order chi connectivity index (χ0) is 18.4. The normalized spacial score (nSPS) is 13.4. The van der Waals surface area contributed by atoms with E-state index in [4.69, 9.17) is 5.11 Å². The Balaban J connectivity index is 2.19. The predicted molar refractivity (Wildman–Crippen MR) is 81.5 cm³/mol. The average Bonchev–Trinajstić information content (AvgIpc) is 3.06. The zero-order valence-corrected chi connectivity index (χ0v) is 13.5. The van der Waals surface area contributed by atoms with Crippen LogP contribution in [0.3, 0.4) is 0 Å². The van der Waals surface area contributed by atoms with Crippen molar-refractivity contribution in [3.63, 3.8) is 0 Å². The van der Waals surface area contributed by atoms with Crippen LogP contribution < -0.4 is 0 Å². The molecule has 0 aliphatic heterocycles. The van der Waals surface area contributed by atoms with Crippen molar-refractivity contribution in [2.24, 2.45) is 5.16 Å². The van der Waals surface area contributed by atoms with Crippen LogP contribution in [-0.4, -0.2) is 49.9 Å². The average molecular weight is 377 g/mol. The molecule has 0 radical (unpaired) electrons. The van der Waals surface area contributed by atoms with E-state index in [1.165, 1.54) is 6.07 Å². The second kappa shape index (κ2) is 8.83. The Hall–Kier alpha value is -2.11. The van der Waals surface area contributed by atoms with Crippen LogP contribution in [0, 0.1) is 5.82 Å². The topological polar surface area (TPSA) is 112 Å². The Morgan fingerprint density at radius 1 is 1.32 bits per heavy atom. The molecule has 1 aromatic carbocycles. The quantitative estimate of drug-likeness (QED) is 0.279. The zero-order valence-electron chi connectivity index (χ0n) is 12.6. The predicted octanol–water partition coefficient (Wildman–Crippen LogP) is 2.01. The largest absolute Gasteiger partial charge is 0.411 e. The van der Waals surface area contributed by atoms with Crippen LogP contribution in [-0.2, 0) is 6.42 Å². The molecule has 136 valence electrons. The number of benzene rings is 1. The second-order valence-electron chi connectivity index (χ2n) is 4.95. The highest BCUT2D eigenvalue weighted by atomic mass is 32.2. The maximum absolute atomic E-state index is 13.3. The van der Waals surface area contributed by atoms with Crippen molar-refractivity contribution in [1.29, 1.82) is 0 Å². The van der Waals surface area contributed by atoms with Gasteiger partial charge in [-0.3, -0.25) is 0 Å². The molecule has 1 aromatic heterocycles. The monoisotopic (exact) mass is 377 g/mol. The van der Waals surface area contributed by atoms with Gasteiger partial charge in [0.15, 0.2) is 10.7 Å². The standard InChI is InChI=1S/C14H14F3N3O4S/c15-10-2-1-7(3-9(10)13(16)17)4-11(18-23)12-14(20-24-19-12)25-6-8(22)5-21/h1-3,8,13,21-23H,4-6H2/b18-11+/t8-/m0/s1. The number of hydrogen-bond acceptors (Lipinski definition) is 8. The van der Waals surface area contributed by atoms with E-state index in [0.717, 1.165) is 23.9 Å². The van der Waals surface area contributed by atoms with E-state index < -0.39 is 30.5 Å². The summed E-state index contributed by atoms with van der Waals surface area (Å²) in [6.07, 6.45) is -4.09. The third-order valence-corrected chi connectivity index (χ3v) is 4.24. The number of aromatic nitrogens is 2. The van der Waals surface area contributed by atoms with Gasteiger partial charge < -0.3 is 15.4 Å². The van der Waals surface area contributed by atoms with E-state index in [1.54, 1.807) is 0 Å². The summed E-state index contributed by atoms with van der Waals surface area (Å²) in [6, 6.07) is 3.16. The summed E-state index contributed by atoms with van der Waals surface area (Å²) in [6.45, 7) is -0.444. The summed E-state index contributed by atoms with van der Waals surface area (Å²) >= 11 is 1.00. The first-order chi connectivity index (χ1) is 12.0. The first-order valence-electron chi connectivity index (χ1n) is 6.98. The van der Waals surface area contributed by atoms with Crippen molar-refractivity contribution in [1.82, 2.24) is 10.3 Å². The minimum atomic E-state index is -2.98. The van der Waals surface area contributed by atoms with Crippen molar-refractivity contribution in [2.45, 2.75) is 24.0 Å². The Kier molecular flexibility index (Phi) is 6.79. The van der Waals surface area contributed by atoms with E-state index in [-0.39, 0.29) is 34.2 Å². The molecule has 0 aliphatic rings. The third-order valence-electron chi connectivity index (χ3n) is 3.14. The third kappa shape index (κ3) is 4.94. The van der Waals surface area contributed by atoms with Crippen LogP contribution >= 0.6 is 11.8 Å². The van der Waals surface area contributed by atoms with E-state index in [9.17, 15) is 23.5 Å². The molecule has 0 aliphatic carbocycles.